The van der Waals surface area contributed by atoms with Gasteiger partial charge >= 0.3 is 11.9 Å². The molecule has 3 rings (SSSR count). The van der Waals surface area contributed by atoms with Crippen LogP contribution in [0.15, 0.2) is 53.4 Å². The first-order valence-corrected chi connectivity index (χ1v) is 9.94. The minimum absolute atomic E-state index is 0.0960. The van der Waals surface area contributed by atoms with Gasteiger partial charge < -0.3 is 14.2 Å². The highest BCUT2D eigenvalue weighted by molar-refractivity contribution is 7.89. The summed E-state index contributed by atoms with van der Waals surface area (Å²) < 4.78 is 41.6. The highest BCUT2D eigenvalue weighted by Crippen LogP contribution is 2.20. The van der Waals surface area contributed by atoms with E-state index in [1.165, 1.54) is 53.9 Å². The molecule has 0 aromatic heterocycles. The number of morpholine rings is 1. The van der Waals surface area contributed by atoms with E-state index in [-0.39, 0.29) is 21.8 Å². The molecule has 0 spiro atoms. The quantitative estimate of drug-likeness (QED) is 0.552. The summed E-state index contributed by atoms with van der Waals surface area (Å²) in [5, 5.41) is 0. The van der Waals surface area contributed by atoms with Crippen molar-refractivity contribution >= 4 is 22.0 Å². The van der Waals surface area contributed by atoms with Gasteiger partial charge in [-0.1, -0.05) is 6.07 Å². The monoisotopic (exact) mass is 405 g/mol. The molecule has 8 nitrogen and oxygen atoms in total. The zero-order valence-electron chi connectivity index (χ0n) is 15.2. The Balaban J connectivity index is 1.73. The number of carbonyl (C=O) groups is 2. The van der Waals surface area contributed by atoms with Crippen LogP contribution in [0.1, 0.15) is 20.7 Å². The average molecular weight is 405 g/mol. The van der Waals surface area contributed by atoms with Crippen LogP contribution in [0.2, 0.25) is 0 Å². The summed E-state index contributed by atoms with van der Waals surface area (Å²) in [5.41, 5.74) is 0.434. The molecule has 0 bridgehead atoms. The molecule has 148 valence electrons. The van der Waals surface area contributed by atoms with Gasteiger partial charge in [0.25, 0.3) is 0 Å². The Morgan fingerprint density at radius 2 is 1.64 bits per heavy atom. The second-order valence-corrected chi connectivity index (χ2v) is 7.89. The van der Waals surface area contributed by atoms with E-state index < -0.39 is 22.0 Å². The molecule has 0 aliphatic carbocycles. The number of hydrogen-bond donors (Lipinski definition) is 0. The van der Waals surface area contributed by atoms with Crippen LogP contribution in [0.4, 0.5) is 0 Å². The Hall–Kier alpha value is -2.75. The van der Waals surface area contributed by atoms with E-state index in [1.807, 2.05) is 0 Å². The molecule has 1 fully saturated rings. The minimum Gasteiger partial charge on any atom is -0.465 e. The van der Waals surface area contributed by atoms with Gasteiger partial charge in [-0.25, -0.2) is 18.0 Å². The summed E-state index contributed by atoms with van der Waals surface area (Å²) in [6.45, 7) is 1.30. The number of methoxy groups -OCH3 is 1. The van der Waals surface area contributed by atoms with Gasteiger partial charge in [-0.05, 0) is 42.5 Å². The molecule has 0 amide bonds. The third-order valence-electron chi connectivity index (χ3n) is 4.16. The predicted octanol–water partition coefficient (Wildman–Crippen LogP) is 1.71. The maximum Gasteiger partial charge on any atom is 0.343 e. The lowest BCUT2D eigenvalue weighted by Gasteiger charge is -2.26. The Morgan fingerprint density at radius 3 is 2.29 bits per heavy atom. The van der Waals surface area contributed by atoms with Crippen LogP contribution in [0, 0.1) is 0 Å². The van der Waals surface area contributed by atoms with Crippen LogP contribution >= 0.6 is 0 Å². The molecular weight excluding hydrogens is 386 g/mol. The predicted molar refractivity (Wildman–Crippen MR) is 98.8 cm³/mol. The maximum absolute atomic E-state index is 12.6. The number of carbonyl (C=O) groups excluding carboxylic acids is 2. The van der Waals surface area contributed by atoms with Gasteiger partial charge in [0.05, 0.1) is 36.3 Å². The van der Waals surface area contributed by atoms with E-state index in [2.05, 4.69) is 4.74 Å². The van der Waals surface area contributed by atoms with Crippen molar-refractivity contribution in [2.24, 2.45) is 0 Å². The average Bonchev–Trinajstić information content (AvgIpc) is 2.74. The molecule has 0 N–H and O–H groups in total. The summed E-state index contributed by atoms with van der Waals surface area (Å²) in [7, 11) is -2.37. The summed E-state index contributed by atoms with van der Waals surface area (Å²) in [4.78, 5) is 24.0. The smallest absolute Gasteiger partial charge is 0.343 e. The highest BCUT2D eigenvalue weighted by Gasteiger charge is 2.26. The fourth-order valence-electron chi connectivity index (χ4n) is 2.67. The van der Waals surface area contributed by atoms with E-state index in [9.17, 15) is 18.0 Å². The summed E-state index contributed by atoms with van der Waals surface area (Å²) in [6, 6.07) is 11.5. The standard InChI is InChI=1S/C19H19NO7S/c1-25-18(21)15-3-2-4-16(13-15)27-19(22)14-5-7-17(8-6-14)28(23,24)20-9-11-26-12-10-20/h2-8,13H,9-12H2,1H3. The number of hydrogen-bond acceptors (Lipinski definition) is 7. The van der Waals surface area contributed by atoms with Crippen molar-refractivity contribution < 1.29 is 32.2 Å². The summed E-state index contributed by atoms with van der Waals surface area (Å²) in [6.07, 6.45) is 0. The SMILES string of the molecule is COC(=O)c1cccc(OC(=O)c2ccc(S(=O)(=O)N3CCOCC3)cc2)c1. The second-order valence-electron chi connectivity index (χ2n) is 5.95. The van der Waals surface area contributed by atoms with Crippen LogP contribution in [0.3, 0.4) is 0 Å². The van der Waals surface area contributed by atoms with Crippen molar-refractivity contribution in [3.8, 4) is 5.75 Å². The van der Waals surface area contributed by atoms with Gasteiger partial charge in [-0.15, -0.1) is 0 Å². The van der Waals surface area contributed by atoms with Crippen LogP contribution in [0.5, 0.6) is 5.75 Å². The van der Waals surface area contributed by atoms with Crippen LogP contribution in [0.25, 0.3) is 0 Å². The lowest BCUT2D eigenvalue weighted by Crippen LogP contribution is -2.40. The van der Waals surface area contributed by atoms with E-state index in [1.54, 1.807) is 6.07 Å². The largest absolute Gasteiger partial charge is 0.465 e. The lowest BCUT2D eigenvalue weighted by atomic mass is 10.2. The van der Waals surface area contributed by atoms with Crippen LogP contribution < -0.4 is 4.74 Å². The molecule has 0 saturated carbocycles. The van der Waals surface area contributed by atoms with Gasteiger partial charge in [0.15, 0.2) is 0 Å². The minimum atomic E-state index is -3.63. The van der Waals surface area contributed by atoms with E-state index in [0.717, 1.165) is 0 Å². The van der Waals surface area contributed by atoms with Crippen molar-refractivity contribution in [1.29, 1.82) is 0 Å². The molecule has 1 aliphatic rings. The Labute approximate surface area is 162 Å². The van der Waals surface area contributed by atoms with Gasteiger partial charge in [0.2, 0.25) is 10.0 Å². The molecule has 28 heavy (non-hydrogen) atoms. The molecule has 0 unspecified atom stereocenters. The van der Waals surface area contributed by atoms with E-state index in [0.29, 0.717) is 26.3 Å². The normalized spacial score (nSPS) is 15.0. The number of ether oxygens (including phenoxy) is 3. The van der Waals surface area contributed by atoms with Crippen molar-refractivity contribution in [3.05, 3.63) is 59.7 Å². The van der Waals surface area contributed by atoms with E-state index >= 15 is 0 Å². The number of nitrogens with zero attached hydrogens (tertiary/aromatic N) is 1. The number of benzene rings is 2. The fraction of sp³-hybridized carbons (Fsp3) is 0.263. The number of sulfonamides is 1. The summed E-state index contributed by atoms with van der Waals surface area (Å²) in [5.74, 6) is -1.04. The Kier molecular flexibility index (Phi) is 6.08. The molecule has 9 heteroatoms. The van der Waals surface area contributed by atoms with Crippen molar-refractivity contribution in [2.45, 2.75) is 4.90 Å². The van der Waals surface area contributed by atoms with E-state index in [4.69, 9.17) is 9.47 Å². The first kappa shape index (κ1) is 20.0. The third-order valence-corrected chi connectivity index (χ3v) is 6.08. The van der Waals surface area contributed by atoms with Crippen molar-refractivity contribution in [1.82, 2.24) is 4.31 Å². The molecule has 0 radical (unpaired) electrons. The molecule has 1 aliphatic heterocycles. The molecule has 1 saturated heterocycles. The third kappa shape index (κ3) is 4.38. The zero-order chi connectivity index (χ0) is 20.1. The van der Waals surface area contributed by atoms with Gasteiger partial charge in [-0.3, -0.25) is 0 Å². The van der Waals surface area contributed by atoms with Crippen molar-refractivity contribution in [3.63, 3.8) is 0 Å². The maximum atomic E-state index is 12.6. The topological polar surface area (TPSA) is 99.2 Å². The van der Waals surface area contributed by atoms with Gasteiger partial charge in [0.1, 0.15) is 5.75 Å². The van der Waals surface area contributed by atoms with Gasteiger partial charge in [0, 0.05) is 13.1 Å². The highest BCUT2D eigenvalue weighted by atomic mass is 32.2. The zero-order valence-corrected chi connectivity index (χ0v) is 16.0. The molecule has 0 atom stereocenters. The van der Waals surface area contributed by atoms with Crippen molar-refractivity contribution in [2.75, 3.05) is 33.4 Å². The second kappa shape index (κ2) is 8.51. The lowest BCUT2D eigenvalue weighted by molar-refractivity contribution is 0.0597. The number of rotatable bonds is 5. The first-order chi connectivity index (χ1) is 13.4. The van der Waals surface area contributed by atoms with Gasteiger partial charge in [-0.2, -0.15) is 4.31 Å². The molecule has 1 heterocycles. The fourth-order valence-corrected chi connectivity index (χ4v) is 4.08. The molecule has 2 aromatic rings. The van der Waals surface area contributed by atoms with Crippen LogP contribution in [-0.4, -0.2) is 58.1 Å². The summed E-state index contributed by atoms with van der Waals surface area (Å²) >= 11 is 0. The first-order valence-electron chi connectivity index (χ1n) is 8.50. The number of esters is 2. The Morgan fingerprint density at radius 1 is 0.964 bits per heavy atom. The molecular formula is C19H19NO7S. The Bertz CT molecular complexity index is 964. The molecule has 2 aromatic carbocycles. The van der Waals surface area contributed by atoms with Crippen LogP contribution in [-0.2, 0) is 19.5 Å².